The van der Waals surface area contributed by atoms with Crippen molar-refractivity contribution in [2.75, 3.05) is 25.0 Å². The van der Waals surface area contributed by atoms with Gasteiger partial charge in [-0.3, -0.25) is 0 Å². The van der Waals surface area contributed by atoms with Crippen LogP contribution in [0.5, 0.6) is 5.75 Å². The van der Waals surface area contributed by atoms with Crippen LogP contribution in [0.2, 0.25) is 0 Å². The Morgan fingerprint density at radius 1 is 1.52 bits per heavy atom. The third kappa shape index (κ3) is 3.45. The fourth-order valence-corrected chi connectivity index (χ4v) is 2.56. The Labute approximate surface area is 132 Å². The maximum atomic E-state index is 10.9. The van der Waals surface area contributed by atoms with Gasteiger partial charge in [0.05, 0.1) is 0 Å². The van der Waals surface area contributed by atoms with Gasteiger partial charge in [0.1, 0.15) is 17.3 Å². The number of fused-ring (bicyclic) bond motifs is 1. The molecule has 2 N–H and O–H groups in total. The van der Waals surface area contributed by atoms with E-state index in [1.165, 1.54) is 4.90 Å². The molecule has 8 heteroatoms. The third-order valence-corrected chi connectivity index (χ3v) is 3.76. The number of ether oxygens (including phenoxy) is 1. The number of nitrogens with one attached hydrogen (secondary N) is 1. The lowest BCUT2D eigenvalue weighted by Gasteiger charge is -2.29. The number of amides is 1. The second kappa shape index (κ2) is 6.44. The number of likely N-dealkylation sites (tertiary alicyclic amines) is 1. The zero-order valence-electron chi connectivity index (χ0n) is 12.4. The molecule has 8 nitrogen and oxygen atoms in total. The molecule has 1 aliphatic heterocycles. The maximum Gasteiger partial charge on any atom is 0.407 e. The molecule has 2 heterocycles. The molecule has 1 aromatic heterocycles. The third-order valence-electron chi connectivity index (χ3n) is 3.76. The Morgan fingerprint density at radius 3 is 3.00 bits per heavy atom. The molecule has 1 amide bonds. The van der Waals surface area contributed by atoms with Crippen molar-refractivity contribution in [2.45, 2.75) is 18.9 Å². The number of carbonyl (C=O) groups is 1. The highest BCUT2D eigenvalue weighted by Gasteiger charge is 2.23. The summed E-state index contributed by atoms with van der Waals surface area (Å²) >= 11 is 0. The van der Waals surface area contributed by atoms with Gasteiger partial charge in [-0.25, -0.2) is 4.79 Å². The standard InChI is InChI=1S/C15H16N4O4/c16-5-8-22-11-1-2-13-12(9-11)18-14(23-13)17-10-3-6-19(7-4-10)15(20)21/h1-2,9-10H,3-4,6-8H2,(H,17,18)(H,20,21). The minimum atomic E-state index is -0.879. The maximum absolute atomic E-state index is 10.9. The van der Waals surface area contributed by atoms with Gasteiger partial charge < -0.3 is 24.5 Å². The Hall–Kier alpha value is -2.95. The molecule has 3 rings (SSSR count). The van der Waals surface area contributed by atoms with Gasteiger partial charge >= 0.3 is 6.09 Å². The summed E-state index contributed by atoms with van der Waals surface area (Å²) < 4.78 is 10.9. The fraction of sp³-hybridized carbons (Fsp3) is 0.400. The van der Waals surface area contributed by atoms with Crippen molar-refractivity contribution in [1.29, 1.82) is 5.26 Å². The molecule has 1 aromatic carbocycles. The van der Waals surface area contributed by atoms with Gasteiger partial charge in [0, 0.05) is 25.2 Å². The summed E-state index contributed by atoms with van der Waals surface area (Å²) in [6, 6.07) is 7.63. The van der Waals surface area contributed by atoms with Crippen LogP contribution in [0.4, 0.5) is 10.8 Å². The highest BCUT2D eigenvalue weighted by atomic mass is 16.5. The highest BCUT2D eigenvalue weighted by Crippen LogP contribution is 2.25. The number of hydrogen-bond acceptors (Lipinski definition) is 6. The Balaban J connectivity index is 1.65. The average molecular weight is 316 g/mol. The first-order valence-electron chi connectivity index (χ1n) is 7.30. The number of nitriles is 1. The zero-order chi connectivity index (χ0) is 16.2. The number of piperidine rings is 1. The van der Waals surface area contributed by atoms with Crippen LogP contribution in [0.15, 0.2) is 22.6 Å². The molecule has 1 fully saturated rings. The number of nitrogens with zero attached hydrogens (tertiary/aromatic N) is 3. The Bertz CT molecular complexity index is 744. The van der Waals surface area contributed by atoms with E-state index in [9.17, 15) is 4.79 Å². The topological polar surface area (TPSA) is 112 Å². The Kier molecular flexibility index (Phi) is 4.19. The molecule has 0 saturated carbocycles. The smallest absolute Gasteiger partial charge is 0.407 e. The molecule has 0 radical (unpaired) electrons. The first-order chi connectivity index (χ1) is 11.2. The number of carboxylic acid groups (broad SMARTS) is 1. The summed E-state index contributed by atoms with van der Waals surface area (Å²) in [5.74, 6) is 0.564. The van der Waals surface area contributed by atoms with Crippen molar-refractivity contribution in [3.05, 3.63) is 18.2 Å². The van der Waals surface area contributed by atoms with Gasteiger partial charge in [0.25, 0.3) is 6.01 Å². The van der Waals surface area contributed by atoms with E-state index in [4.69, 9.17) is 19.5 Å². The number of benzene rings is 1. The van der Waals surface area contributed by atoms with Crippen molar-refractivity contribution in [3.8, 4) is 11.8 Å². The summed E-state index contributed by atoms with van der Waals surface area (Å²) in [5, 5.41) is 20.7. The van der Waals surface area contributed by atoms with Gasteiger partial charge in [0.2, 0.25) is 0 Å². The van der Waals surface area contributed by atoms with E-state index in [1.54, 1.807) is 18.2 Å². The number of oxazole rings is 1. The van der Waals surface area contributed by atoms with E-state index in [0.717, 1.165) is 0 Å². The van der Waals surface area contributed by atoms with E-state index in [1.807, 2.05) is 6.07 Å². The lowest BCUT2D eigenvalue weighted by molar-refractivity contribution is 0.133. The largest absolute Gasteiger partial charge is 0.479 e. The summed E-state index contributed by atoms with van der Waals surface area (Å²) in [5.41, 5.74) is 1.27. The number of hydrogen-bond donors (Lipinski definition) is 2. The molecule has 1 aliphatic rings. The minimum Gasteiger partial charge on any atom is -0.479 e. The van der Waals surface area contributed by atoms with Gasteiger partial charge in [-0.15, -0.1) is 0 Å². The second-order valence-electron chi connectivity index (χ2n) is 5.28. The predicted octanol–water partition coefficient (Wildman–Crippen LogP) is 2.28. The SMILES string of the molecule is N#CCOc1ccc2oc(NC3CCN(C(=O)O)CC3)nc2c1. The van der Waals surface area contributed by atoms with Crippen LogP contribution < -0.4 is 10.1 Å². The van der Waals surface area contributed by atoms with E-state index in [0.29, 0.717) is 48.8 Å². The lowest BCUT2D eigenvalue weighted by atomic mass is 10.1. The van der Waals surface area contributed by atoms with E-state index >= 15 is 0 Å². The lowest BCUT2D eigenvalue weighted by Crippen LogP contribution is -2.41. The quantitative estimate of drug-likeness (QED) is 0.889. The summed E-state index contributed by atoms with van der Waals surface area (Å²) in [6.45, 7) is 0.982. The van der Waals surface area contributed by atoms with Crippen molar-refractivity contribution >= 4 is 23.2 Å². The number of anilines is 1. The van der Waals surface area contributed by atoms with Crippen molar-refractivity contribution in [3.63, 3.8) is 0 Å². The molecule has 0 unspecified atom stereocenters. The Morgan fingerprint density at radius 2 is 2.30 bits per heavy atom. The van der Waals surface area contributed by atoms with E-state index < -0.39 is 6.09 Å². The number of aromatic nitrogens is 1. The number of rotatable bonds is 4. The fourth-order valence-electron chi connectivity index (χ4n) is 2.56. The van der Waals surface area contributed by atoms with Crippen LogP contribution in [0.3, 0.4) is 0 Å². The van der Waals surface area contributed by atoms with Crippen LogP contribution in [-0.2, 0) is 0 Å². The van der Waals surface area contributed by atoms with Gasteiger partial charge in [-0.2, -0.15) is 10.2 Å². The molecule has 0 bridgehead atoms. The highest BCUT2D eigenvalue weighted by molar-refractivity contribution is 5.76. The molecule has 23 heavy (non-hydrogen) atoms. The molecule has 120 valence electrons. The first-order valence-corrected chi connectivity index (χ1v) is 7.30. The molecule has 2 aromatic rings. The first kappa shape index (κ1) is 15.0. The van der Waals surface area contributed by atoms with Crippen LogP contribution in [0, 0.1) is 11.3 Å². The van der Waals surface area contributed by atoms with Gasteiger partial charge in [0.15, 0.2) is 12.2 Å². The molecule has 0 spiro atoms. The summed E-state index contributed by atoms with van der Waals surface area (Å²) in [7, 11) is 0. The van der Waals surface area contributed by atoms with Gasteiger partial charge in [-0.1, -0.05) is 0 Å². The van der Waals surface area contributed by atoms with E-state index in [2.05, 4.69) is 10.3 Å². The van der Waals surface area contributed by atoms with Crippen LogP contribution >= 0.6 is 0 Å². The normalized spacial score (nSPS) is 15.3. The average Bonchev–Trinajstić information content (AvgIpc) is 2.94. The van der Waals surface area contributed by atoms with Crippen molar-refractivity contribution in [1.82, 2.24) is 9.88 Å². The van der Waals surface area contributed by atoms with Crippen molar-refractivity contribution < 1.29 is 19.1 Å². The molecular formula is C15H16N4O4. The minimum absolute atomic E-state index is 0.0172. The zero-order valence-corrected chi connectivity index (χ0v) is 12.4. The van der Waals surface area contributed by atoms with Crippen molar-refractivity contribution in [2.24, 2.45) is 0 Å². The molecule has 0 atom stereocenters. The predicted molar refractivity (Wildman–Crippen MR) is 81.4 cm³/mol. The molecule has 0 aliphatic carbocycles. The van der Waals surface area contributed by atoms with Crippen LogP contribution in [0.25, 0.3) is 11.1 Å². The molecular weight excluding hydrogens is 300 g/mol. The summed E-state index contributed by atoms with van der Waals surface area (Å²) in [6.07, 6.45) is 0.540. The second-order valence-corrected chi connectivity index (χ2v) is 5.28. The van der Waals surface area contributed by atoms with Crippen LogP contribution in [-0.4, -0.2) is 46.8 Å². The summed E-state index contributed by atoms with van der Waals surface area (Å²) in [4.78, 5) is 16.7. The van der Waals surface area contributed by atoms with Crippen LogP contribution in [0.1, 0.15) is 12.8 Å². The van der Waals surface area contributed by atoms with E-state index in [-0.39, 0.29) is 12.6 Å². The monoisotopic (exact) mass is 316 g/mol. The molecule has 1 saturated heterocycles. The van der Waals surface area contributed by atoms with Gasteiger partial charge in [-0.05, 0) is 25.0 Å².